The first kappa shape index (κ1) is 19.8. The summed E-state index contributed by atoms with van der Waals surface area (Å²) in [7, 11) is 1.53. The van der Waals surface area contributed by atoms with Gasteiger partial charge in [-0.15, -0.1) is 0 Å². The van der Waals surface area contributed by atoms with Crippen molar-refractivity contribution in [1.29, 1.82) is 0 Å². The van der Waals surface area contributed by atoms with Gasteiger partial charge in [0.2, 0.25) is 5.91 Å². The Balaban J connectivity index is 2.07. The average Bonchev–Trinajstić information content (AvgIpc) is 2.69. The van der Waals surface area contributed by atoms with E-state index in [2.05, 4.69) is 11.9 Å². The maximum absolute atomic E-state index is 12.8. The Morgan fingerprint density at radius 2 is 2.23 bits per heavy atom. The number of rotatable bonds is 8. The monoisotopic (exact) mass is 361 g/mol. The van der Waals surface area contributed by atoms with Crippen molar-refractivity contribution in [3.8, 4) is 11.5 Å². The molecule has 0 saturated carbocycles. The lowest BCUT2D eigenvalue weighted by Crippen LogP contribution is -2.46. The zero-order valence-corrected chi connectivity index (χ0v) is 15.2. The number of nitrogens with two attached hydrogens (primary N) is 1. The molecule has 2 rings (SSSR count). The van der Waals surface area contributed by atoms with Gasteiger partial charge in [-0.25, -0.2) is 0 Å². The summed E-state index contributed by atoms with van der Waals surface area (Å²) < 4.78 is 10.8. The van der Waals surface area contributed by atoms with E-state index in [0.717, 1.165) is 12.8 Å². The Morgan fingerprint density at radius 1 is 1.42 bits per heavy atom. The molecule has 7 nitrogen and oxygen atoms in total. The molecule has 0 spiro atoms. The number of hydrogen-bond acceptors (Lipinski definition) is 5. The first-order valence-electron chi connectivity index (χ1n) is 8.79. The molecule has 1 fully saturated rings. The number of hydrogen-bond donors (Lipinski definition) is 2. The smallest absolute Gasteiger partial charge is 0.254 e. The molecule has 0 aliphatic carbocycles. The quantitative estimate of drug-likeness (QED) is 0.678. The summed E-state index contributed by atoms with van der Waals surface area (Å²) in [6, 6.07) is 5.09. The van der Waals surface area contributed by atoms with Crippen molar-refractivity contribution in [2.24, 2.45) is 11.7 Å². The summed E-state index contributed by atoms with van der Waals surface area (Å²) in [4.78, 5) is 26.7. The molecule has 1 aromatic carbocycles. The normalized spacial score (nSPS) is 16.7. The van der Waals surface area contributed by atoms with Crippen molar-refractivity contribution in [2.45, 2.75) is 12.8 Å². The minimum Gasteiger partial charge on any atom is -0.493 e. The molecule has 0 radical (unpaired) electrons. The SMILES string of the molecule is C=CCOc1ccc(C(=O)N2CCCC(C(=O)NCCN)C2)cc1OC. The lowest BCUT2D eigenvalue weighted by Gasteiger charge is -2.32. The third kappa shape index (κ3) is 4.98. The van der Waals surface area contributed by atoms with Gasteiger partial charge in [-0.2, -0.15) is 0 Å². The molecule has 142 valence electrons. The van der Waals surface area contributed by atoms with E-state index in [1.165, 1.54) is 7.11 Å². The lowest BCUT2D eigenvalue weighted by atomic mass is 9.96. The number of methoxy groups -OCH3 is 1. The molecule has 1 aliphatic rings. The van der Waals surface area contributed by atoms with Gasteiger partial charge in [0.15, 0.2) is 11.5 Å². The van der Waals surface area contributed by atoms with Gasteiger partial charge in [-0.1, -0.05) is 12.7 Å². The van der Waals surface area contributed by atoms with Crippen molar-refractivity contribution in [3.63, 3.8) is 0 Å². The number of ether oxygens (including phenoxy) is 2. The van der Waals surface area contributed by atoms with E-state index in [1.807, 2.05) is 0 Å². The van der Waals surface area contributed by atoms with Crippen LogP contribution in [0.2, 0.25) is 0 Å². The summed E-state index contributed by atoms with van der Waals surface area (Å²) in [5, 5.41) is 2.80. The number of carbonyl (C=O) groups excluding carboxylic acids is 2. The summed E-state index contributed by atoms with van der Waals surface area (Å²) >= 11 is 0. The molecule has 1 aliphatic heterocycles. The summed E-state index contributed by atoms with van der Waals surface area (Å²) in [5.41, 5.74) is 5.93. The molecule has 7 heteroatoms. The van der Waals surface area contributed by atoms with Gasteiger partial charge in [-0.05, 0) is 31.0 Å². The molecule has 1 atom stereocenters. The molecule has 0 aromatic heterocycles. The highest BCUT2D eigenvalue weighted by Crippen LogP contribution is 2.29. The van der Waals surface area contributed by atoms with Gasteiger partial charge in [-0.3, -0.25) is 9.59 Å². The third-order valence-electron chi connectivity index (χ3n) is 4.29. The zero-order chi connectivity index (χ0) is 18.9. The van der Waals surface area contributed by atoms with E-state index in [4.69, 9.17) is 15.2 Å². The molecule has 26 heavy (non-hydrogen) atoms. The van der Waals surface area contributed by atoms with Gasteiger partial charge >= 0.3 is 0 Å². The summed E-state index contributed by atoms with van der Waals surface area (Å²) in [6.07, 6.45) is 3.21. The second-order valence-electron chi connectivity index (χ2n) is 6.14. The van der Waals surface area contributed by atoms with Crippen molar-refractivity contribution < 1.29 is 19.1 Å². The van der Waals surface area contributed by atoms with Crippen LogP contribution in [0.25, 0.3) is 0 Å². The molecule has 3 N–H and O–H groups in total. The van der Waals surface area contributed by atoms with Gasteiger partial charge in [0, 0.05) is 31.7 Å². The second kappa shape index (κ2) is 9.82. The van der Waals surface area contributed by atoms with E-state index in [9.17, 15) is 9.59 Å². The van der Waals surface area contributed by atoms with Crippen LogP contribution < -0.4 is 20.5 Å². The van der Waals surface area contributed by atoms with Crippen molar-refractivity contribution in [1.82, 2.24) is 10.2 Å². The fraction of sp³-hybridized carbons (Fsp3) is 0.474. The number of carbonyl (C=O) groups is 2. The lowest BCUT2D eigenvalue weighted by molar-refractivity contribution is -0.126. The van der Waals surface area contributed by atoms with E-state index in [-0.39, 0.29) is 17.7 Å². The highest BCUT2D eigenvalue weighted by molar-refractivity contribution is 5.95. The highest BCUT2D eigenvalue weighted by Gasteiger charge is 2.29. The van der Waals surface area contributed by atoms with Crippen molar-refractivity contribution >= 4 is 11.8 Å². The number of nitrogens with one attached hydrogen (secondary N) is 1. The molecule has 0 bridgehead atoms. The van der Waals surface area contributed by atoms with Crippen LogP contribution in [0.4, 0.5) is 0 Å². The second-order valence-corrected chi connectivity index (χ2v) is 6.14. The van der Waals surface area contributed by atoms with Gasteiger partial charge in [0.05, 0.1) is 13.0 Å². The van der Waals surface area contributed by atoms with Gasteiger partial charge in [0.25, 0.3) is 5.91 Å². The number of amides is 2. The van der Waals surface area contributed by atoms with Crippen LogP contribution in [0.3, 0.4) is 0 Å². The van der Waals surface area contributed by atoms with Crippen molar-refractivity contribution in [3.05, 3.63) is 36.4 Å². The Morgan fingerprint density at radius 3 is 2.92 bits per heavy atom. The Kier molecular flexibility index (Phi) is 7.47. The summed E-state index contributed by atoms with van der Waals surface area (Å²) in [5.74, 6) is 0.693. The fourth-order valence-corrected chi connectivity index (χ4v) is 2.97. The van der Waals surface area contributed by atoms with Crippen LogP contribution in [0.15, 0.2) is 30.9 Å². The highest BCUT2D eigenvalue weighted by atomic mass is 16.5. The number of likely N-dealkylation sites (tertiary alicyclic amines) is 1. The van der Waals surface area contributed by atoms with Crippen LogP contribution >= 0.6 is 0 Å². The first-order chi connectivity index (χ1) is 12.6. The van der Waals surface area contributed by atoms with Gasteiger partial charge < -0.3 is 25.4 Å². The number of benzene rings is 1. The van der Waals surface area contributed by atoms with E-state index < -0.39 is 0 Å². The van der Waals surface area contributed by atoms with E-state index in [1.54, 1.807) is 29.2 Å². The number of piperidine rings is 1. The zero-order valence-electron chi connectivity index (χ0n) is 15.2. The van der Waals surface area contributed by atoms with Crippen LogP contribution in [-0.4, -0.2) is 56.6 Å². The molecule has 2 amide bonds. The minimum absolute atomic E-state index is 0.0429. The molecule has 1 saturated heterocycles. The fourth-order valence-electron chi connectivity index (χ4n) is 2.97. The predicted molar refractivity (Wildman–Crippen MR) is 99.4 cm³/mol. The van der Waals surface area contributed by atoms with Crippen LogP contribution in [0.5, 0.6) is 11.5 Å². The minimum atomic E-state index is -0.198. The predicted octanol–water partition coefficient (Wildman–Crippen LogP) is 1.19. The largest absolute Gasteiger partial charge is 0.493 e. The van der Waals surface area contributed by atoms with E-state index in [0.29, 0.717) is 49.8 Å². The Bertz CT molecular complexity index is 648. The topological polar surface area (TPSA) is 93.9 Å². The van der Waals surface area contributed by atoms with Crippen LogP contribution in [0.1, 0.15) is 23.2 Å². The standard InChI is InChI=1S/C19H27N3O4/c1-3-11-26-16-7-6-14(12-17(16)25-2)19(24)22-10-4-5-15(13-22)18(23)21-9-8-20/h3,6-7,12,15H,1,4-5,8-11,13,20H2,2H3,(H,21,23). The summed E-state index contributed by atoms with van der Waals surface area (Å²) in [6.45, 7) is 5.87. The molecular weight excluding hydrogens is 334 g/mol. The van der Waals surface area contributed by atoms with Crippen molar-refractivity contribution in [2.75, 3.05) is 39.9 Å². The van der Waals surface area contributed by atoms with E-state index >= 15 is 0 Å². The molecular formula is C19H27N3O4. The number of nitrogens with zero attached hydrogens (tertiary/aromatic N) is 1. The molecule has 1 unspecified atom stereocenters. The maximum atomic E-state index is 12.8. The molecule has 1 heterocycles. The Hall–Kier alpha value is -2.54. The van der Waals surface area contributed by atoms with Gasteiger partial charge in [0.1, 0.15) is 6.61 Å². The maximum Gasteiger partial charge on any atom is 0.254 e. The van der Waals surface area contributed by atoms with Crippen LogP contribution in [-0.2, 0) is 4.79 Å². The third-order valence-corrected chi connectivity index (χ3v) is 4.29. The molecule has 1 aromatic rings. The Labute approximate surface area is 154 Å². The average molecular weight is 361 g/mol. The first-order valence-corrected chi connectivity index (χ1v) is 8.79. The van der Waals surface area contributed by atoms with Crippen LogP contribution in [0, 0.1) is 5.92 Å².